The van der Waals surface area contributed by atoms with Crippen LogP contribution < -0.4 is 0 Å². The van der Waals surface area contributed by atoms with Crippen LogP contribution in [0.15, 0.2) is 53.7 Å². The summed E-state index contributed by atoms with van der Waals surface area (Å²) in [4.78, 5) is 0. The van der Waals surface area contributed by atoms with Gasteiger partial charge in [0.15, 0.2) is 0 Å². The van der Waals surface area contributed by atoms with Crippen LogP contribution >= 0.6 is 23.4 Å². The highest BCUT2D eigenvalue weighted by molar-refractivity contribution is 7.99. The van der Waals surface area contributed by atoms with Crippen LogP contribution in [-0.4, -0.2) is 25.3 Å². The SMILES string of the molecule is CC[C@@H](Sc1nnnn1-c1ccc(O)cc1)c1ccc(Cl)cc1. The summed E-state index contributed by atoms with van der Waals surface area (Å²) in [5, 5.41) is 23.0. The number of phenolic OH excluding ortho intramolecular Hbond substituents is 1. The van der Waals surface area contributed by atoms with E-state index in [0.29, 0.717) is 5.16 Å². The Balaban J connectivity index is 1.86. The number of thioether (sulfide) groups is 1. The van der Waals surface area contributed by atoms with E-state index < -0.39 is 0 Å². The van der Waals surface area contributed by atoms with Crippen molar-refractivity contribution in [1.82, 2.24) is 20.2 Å². The lowest BCUT2D eigenvalue weighted by atomic mass is 10.1. The first-order chi connectivity index (χ1) is 11.2. The number of nitrogens with zero attached hydrogens (tertiary/aromatic N) is 4. The predicted molar refractivity (Wildman–Crippen MR) is 91.2 cm³/mol. The molecule has 1 heterocycles. The summed E-state index contributed by atoms with van der Waals surface area (Å²) in [7, 11) is 0. The van der Waals surface area contributed by atoms with E-state index in [9.17, 15) is 5.11 Å². The van der Waals surface area contributed by atoms with E-state index in [0.717, 1.165) is 17.1 Å². The highest BCUT2D eigenvalue weighted by Crippen LogP contribution is 2.37. The van der Waals surface area contributed by atoms with Crippen molar-refractivity contribution in [2.45, 2.75) is 23.8 Å². The molecule has 0 saturated heterocycles. The number of phenols is 1. The molecule has 0 bridgehead atoms. The average molecular weight is 347 g/mol. The molecule has 0 fully saturated rings. The molecular formula is C16H15ClN4OS. The van der Waals surface area contributed by atoms with Gasteiger partial charge in [0, 0.05) is 10.3 Å². The van der Waals surface area contributed by atoms with Gasteiger partial charge in [0.05, 0.1) is 5.69 Å². The van der Waals surface area contributed by atoms with Crippen LogP contribution in [0.25, 0.3) is 5.69 Å². The van der Waals surface area contributed by atoms with E-state index in [1.165, 1.54) is 5.56 Å². The lowest BCUT2D eigenvalue weighted by molar-refractivity contribution is 0.475. The first kappa shape index (κ1) is 15.8. The summed E-state index contributed by atoms with van der Waals surface area (Å²) in [6.45, 7) is 2.13. The molecule has 0 aliphatic carbocycles. The number of aromatic nitrogens is 4. The molecule has 2 aromatic carbocycles. The van der Waals surface area contributed by atoms with E-state index in [4.69, 9.17) is 11.6 Å². The van der Waals surface area contributed by atoms with Crippen LogP contribution in [0.1, 0.15) is 24.2 Å². The number of tetrazole rings is 1. The van der Waals surface area contributed by atoms with Gasteiger partial charge in [-0.25, -0.2) is 0 Å². The molecule has 0 amide bonds. The normalized spacial score (nSPS) is 12.3. The largest absolute Gasteiger partial charge is 0.508 e. The number of hydrogen-bond acceptors (Lipinski definition) is 5. The van der Waals surface area contributed by atoms with Crippen molar-refractivity contribution >= 4 is 23.4 Å². The maximum Gasteiger partial charge on any atom is 0.214 e. The predicted octanol–water partition coefficient (Wildman–Crippen LogP) is 4.26. The molecule has 1 atom stereocenters. The van der Waals surface area contributed by atoms with Gasteiger partial charge in [-0.15, -0.1) is 5.10 Å². The van der Waals surface area contributed by atoms with Crippen molar-refractivity contribution in [3.63, 3.8) is 0 Å². The van der Waals surface area contributed by atoms with E-state index in [-0.39, 0.29) is 11.0 Å². The van der Waals surface area contributed by atoms with E-state index in [2.05, 4.69) is 22.4 Å². The summed E-state index contributed by atoms with van der Waals surface area (Å²) in [5.74, 6) is 0.212. The zero-order chi connectivity index (χ0) is 16.2. The first-order valence-corrected chi connectivity index (χ1v) is 8.43. The summed E-state index contributed by atoms with van der Waals surface area (Å²) in [6.07, 6.45) is 0.939. The summed E-state index contributed by atoms with van der Waals surface area (Å²) < 4.78 is 1.67. The Morgan fingerprint density at radius 2 is 1.83 bits per heavy atom. The molecule has 1 N–H and O–H groups in total. The fourth-order valence-electron chi connectivity index (χ4n) is 2.20. The molecular weight excluding hydrogens is 332 g/mol. The third-order valence-corrected chi connectivity index (χ3v) is 5.00. The molecule has 7 heteroatoms. The topological polar surface area (TPSA) is 63.8 Å². The van der Waals surface area contributed by atoms with Gasteiger partial charge in [0.25, 0.3) is 0 Å². The van der Waals surface area contributed by atoms with Gasteiger partial charge >= 0.3 is 0 Å². The zero-order valence-corrected chi connectivity index (χ0v) is 14.0. The Labute approximate surface area is 143 Å². The number of halogens is 1. The summed E-state index contributed by atoms with van der Waals surface area (Å²) >= 11 is 7.56. The second-order valence-electron chi connectivity index (χ2n) is 4.96. The Bertz CT molecular complexity index is 774. The van der Waals surface area contributed by atoms with Gasteiger partial charge in [0.2, 0.25) is 5.16 Å². The van der Waals surface area contributed by atoms with Crippen molar-refractivity contribution in [3.05, 3.63) is 59.1 Å². The highest BCUT2D eigenvalue weighted by atomic mass is 35.5. The molecule has 0 radical (unpaired) electrons. The van der Waals surface area contributed by atoms with Crippen molar-refractivity contribution in [1.29, 1.82) is 0 Å². The quantitative estimate of drug-likeness (QED) is 0.699. The van der Waals surface area contributed by atoms with E-state index in [1.807, 2.05) is 24.3 Å². The Kier molecular flexibility index (Phi) is 4.83. The maximum absolute atomic E-state index is 9.40. The van der Waals surface area contributed by atoms with Crippen LogP contribution in [0.4, 0.5) is 0 Å². The number of benzene rings is 2. The fraction of sp³-hybridized carbons (Fsp3) is 0.188. The Morgan fingerprint density at radius 3 is 2.48 bits per heavy atom. The summed E-state index contributed by atoms with van der Waals surface area (Å²) in [6, 6.07) is 14.6. The average Bonchev–Trinajstić information content (AvgIpc) is 3.02. The maximum atomic E-state index is 9.40. The zero-order valence-electron chi connectivity index (χ0n) is 12.4. The van der Waals surface area contributed by atoms with Gasteiger partial charge in [-0.1, -0.05) is 42.4 Å². The number of aromatic hydroxyl groups is 1. The van der Waals surface area contributed by atoms with E-state index >= 15 is 0 Å². The van der Waals surface area contributed by atoms with Crippen LogP contribution in [0.2, 0.25) is 5.02 Å². The van der Waals surface area contributed by atoms with Gasteiger partial charge in [-0.3, -0.25) is 0 Å². The molecule has 1 aromatic heterocycles. The fourth-order valence-corrected chi connectivity index (χ4v) is 3.37. The van der Waals surface area contributed by atoms with Crippen LogP contribution in [0.5, 0.6) is 5.75 Å². The van der Waals surface area contributed by atoms with Crippen LogP contribution in [0, 0.1) is 0 Å². The van der Waals surface area contributed by atoms with Crippen molar-refractivity contribution < 1.29 is 5.11 Å². The lowest BCUT2D eigenvalue weighted by Gasteiger charge is -2.14. The van der Waals surface area contributed by atoms with Crippen molar-refractivity contribution in [3.8, 4) is 11.4 Å². The van der Waals surface area contributed by atoms with Gasteiger partial charge in [-0.05, 0) is 58.8 Å². The molecule has 0 saturated carbocycles. The molecule has 0 aliphatic rings. The Hall–Kier alpha value is -2.05. The van der Waals surface area contributed by atoms with Gasteiger partial charge in [0.1, 0.15) is 5.75 Å². The monoisotopic (exact) mass is 346 g/mol. The summed E-state index contributed by atoms with van der Waals surface area (Å²) in [5.41, 5.74) is 1.99. The molecule has 118 valence electrons. The van der Waals surface area contributed by atoms with Gasteiger partial charge in [-0.2, -0.15) is 4.68 Å². The lowest BCUT2D eigenvalue weighted by Crippen LogP contribution is -2.01. The third-order valence-electron chi connectivity index (χ3n) is 3.40. The smallest absolute Gasteiger partial charge is 0.214 e. The van der Waals surface area contributed by atoms with Crippen LogP contribution in [-0.2, 0) is 0 Å². The van der Waals surface area contributed by atoms with Crippen molar-refractivity contribution in [2.75, 3.05) is 0 Å². The van der Waals surface area contributed by atoms with Crippen molar-refractivity contribution in [2.24, 2.45) is 0 Å². The molecule has 0 spiro atoms. The molecule has 3 rings (SSSR count). The third kappa shape index (κ3) is 3.65. The minimum absolute atomic E-state index is 0.212. The second kappa shape index (κ2) is 7.02. The van der Waals surface area contributed by atoms with E-state index in [1.54, 1.807) is 40.7 Å². The molecule has 5 nitrogen and oxygen atoms in total. The standard InChI is InChI=1S/C16H15ClN4OS/c1-2-15(11-3-5-12(17)6-4-11)23-16-18-19-20-21(16)13-7-9-14(22)10-8-13/h3-10,15,22H,2H2,1H3/t15-/m1/s1. The van der Waals surface area contributed by atoms with Crippen LogP contribution in [0.3, 0.4) is 0 Å². The molecule has 23 heavy (non-hydrogen) atoms. The first-order valence-electron chi connectivity index (χ1n) is 7.17. The minimum atomic E-state index is 0.212. The second-order valence-corrected chi connectivity index (χ2v) is 6.56. The number of rotatable bonds is 5. The van der Waals surface area contributed by atoms with Gasteiger partial charge < -0.3 is 5.11 Å². The number of hydrogen-bond donors (Lipinski definition) is 1. The molecule has 0 unspecified atom stereocenters. The molecule has 3 aromatic rings. The molecule has 0 aliphatic heterocycles. The highest BCUT2D eigenvalue weighted by Gasteiger charge is 2.17. The Morgan fingerprint density at radius 1 is 1.13 bits per heavy atom. The minimum Gasteiger partial charge on any atom is -0.508 e.